The van der Waals surface area contributed by atoms with E-state index in [1.807, 2.05) is 31.3 Å². The van der Waals surface area contributed by atoms with Gasteiger partial charge in [-0.05, 0) is 85.7 Å². The fraction of sp³-hybridized carbons (Fsp3) is 0.525. The minimum absolute atomic E-state index is 0.0572. The van der Waals surface area contributed by atoms with Gasteiger partial charge >= 0.3 is 5.97 Å². The number of nitrogens with one attached hydrogen (secondary N) is 2. The number of aromatic hydroxyl groups is 3. The molecule has 4 bridgehead atoms. The lowest BCUT2D eigenvalue weighted by molar-refractivity contribution is -0.163. The van der Waals surface area contributed by atoms with Gasteiger partial charge in [0.1, 0.15) is 12.2 Å². The molecule has 3 heterocycles. The molecule has 3 aromatic rings. The maximum Gasteiger partial charge on any atom is 0.302 e. The summed E-state index contributed by atoms with van der Waals surface area (Å²) in [6.45, 7) is 2.37. The van der Waals surface area contributed by atoms with Crippen molar-refractivity contribution in [1.29, 1.82) is 0 Å². The molecule has 0 radical (unpaired) electrons. The first-order valence-electron chi connectivity index (χ1n) is 18.9. The molecule has 55 heavy (non-hydrogen) atoms. The van der Waals surface area contributed by atoms with E-state index in [0.29, 0.717) is 61.7 Å². The normalized spacial score (nSPS) is 27.4. The Bertz CT molecular complexity index is 1790. The van der Waals surface area contributed by atoms with Gasteiger partial charge in [-0.3, -0.25) is 14.8 Å². The van der Waals surface area contributed by atoms with Crippen molar-refractivity contribution >= 4 is 33.5 Å². The third-order valence-corrected chi connectivity index (χ3v) is 13.7. The minimum atomic E-state index is -0.573. The molecule has 3 aliphatic rings. The molecule has 1 saturated heterocycles. The molecule has 1 saturated carbocycles. The number of rotatable bonds is 10. The molecule has 2 fully saturated rings. The van der Waals surface area contributed by atoms with Gasteiger partial charge < -0.3 is 50.6 Å². The van der Waals surface area contributed by atoms with Gasteiger partial charge in [-0.2, -0.15) is 0 Å². The Kier molecular flexibility index (Phi) is 13.8. The summed E-state index contributed by atoms with van der Waals surface area (Å²) in [6, 6.07) is 12.5. The SMILES string of the molecule is CN=C(N)NC12CCCC(C1)Oc1cc(ccc1O)CC(C1CC(OC(C)=O)CC(c3cc(O)c(O)c(OCCc4cccnc4)c3)O1)CSSC2CNC. The summed E-state index contributed by atoms with van der Waals surface area (Å²) in [5, 5.41) is 39.6. The van der Waals surface area contributed by atoms with Crippen molar-refractivity contribution in [2.45, 2.75) is 93.5 Å². The first-order chi connectivity index (χ1) is 26.6. The molecule has 2 aliphatic heterocycles. The van der Waals surface area contributed by atoms with Crippen molar-refractivity contribution in [3.05, 3.63) is 71.5 Å². The third kappa shape index (κ3) is 10.4. The molecular weight excluding hydrogens is 743 g/mol. The Balaban J connectivity index is 1.30. The number of guanidine groups is 1. The van der Waals surface area contributed by atoms with E-state index in [0.717, 1.165) is 30.4 Å². The number of nitrogens with two attached hydrogens (primary N) is 1. The standard InChI is InChI=1S/C40H53N5O8S2/c1-24(46)51-30-18-33(27-16-32(48)38(49)36(17-27)50-13-10-25-6-5-12-44-21-25)53-34(19-30)28-14-26-8-9-31(47)35(15-26)52-29-7-4-11-40(20-29,45-39(41)43-3)37(22-42-2)55-54-23-28/h5-6,8-9,12,15-17,21,28-30,33-34,37,42,47-49H,4,7,10-11,13-14,18-20,22-23H2,1-3H3,(H3,41,43,45). The van der Waals surface area contributed by atoms with Crippen molar-refractivity contribution in [3.63, 3.8) is 0 Å². The molecule has 13 nitrogen and oxygen atoms in total. The van der Waals surface area contributed by atoms with E-state index in [1.165, 1.54) is 13.0 Å². The number of aromatic nitrogens is 1. The van der Waals surface area contributed by atoms with Crippen LogP contribution in [0.4, 0.5) is 0 Å². The number of aliphatic imine (C=N–C) groups is 1. The van der Waals surface area contributed by atoms with Gasteiger partial charge in [0.25, 0.3) is 0 Å². The van der Waals surface area contributed by atoms with Crippen LogP contribution in [0, 0.1) is 5.92 Å². The second-order valence-electron chi connectivity index (χ2n) is 14.6. The van der Waals surface area contributed by atoms with Gasteiger partial charge in [0.15, 0.2) is 29.0 Å². The number of ether oxygens (including phenoxy) is 4. The lowest BCUT2D eigenvalue weighted by Gasteiger charge is -2.46. The van der Waals surface area contributed by atoms with Crippen molar-refractivity contribution in [1.82, 2.24) is 15.6 Å². The average Bonchev–Trinajstić information content (AvgIpc) is 3.17. The Morgan fingerprint density at radius 1 is 1.16 bits per heavy atom. The predicted octanol–water partition coefficient (Wildman–Crippen LogP) is 5.41. The zero-order chi connectivity index (χ0) is 39.0. The molecule has 1 aromatic heterocycles. The van der Waals surface area contributed by atoms with E-state index in [1.54, 1.807) is 53.2 Å². The highest BCUT2D eigenvalue weighted by molar-refractivity contribution is 8.77. The van der Waals surface area contributed by atoms with Gasteiger partial charge in [-0.15, -0.1) is 0 Å². The molecule has 298 valence electrons. The maximum absolute atomic E-state index is 12.3. The Morgan fingerprint density at radius 2 is 2.02 bits per heavy atom. The lowest BCUT2D eigenvalue weighted by atomic mass is 9.77. The van der Waals surface area contributed by atoms with Crippen LogP contribution in [-0.2, 0) is 27.1 Å². The van der Waals surface area contributed by atoms with Crippen LogP contribution in [-0.4, -0.2) is 94.3 Å². The predicted molar refractivity (Wildman–Crippen MR) is 215 cm³/mol. The number of esters is 1. The molecule has 1 aliphatic carbocycles. The van der Waals surface area contributed by atoms with Crippen LogP contribution >= 0.6 is 21.6 Å². The van der Waals surface area contributed by atoms with Gasteiger partial charge in [-0.25, -0.2) is 0 Å². The minimum Gasteiger partial charge on any atom is -0.504 e. The maximum atomic E-state index is 12.3. The summed E-state index contributed by atoms with van der Waals surface area (Å²) in [5.41, 5.74) is 8.48. The number of carbonyl (C=O) groups excluding carboxylic acids is 1. The molecule has 15 heteroatoms. The van der Waals surface area contributed by atoms with E-state index >= 15 is 0 Å². The summed E-state index contributed by atoms with van der Waals surface area (Å²) < 4.78 is 25.3. The number of phenols is 3. The number of benzene rings is 2. The van der Waals surface area contributed by atoms with E-state index in [4.69, 9.17) is 24.7 Å². The highest BCUT2D eigenvalue weighted by Crippen LogP contribution is 2.47. The number of pyridine rings is 1. The van der Waals surface area contributed by atoms with Crippen LogP contribution in [0.1, 0.15) is 68.2 Å². The number of hydrogen-bond donors (Lipinski definition) is 6. The van der Waals surface area contributed by atoms with Gasteiger partial charge in [0.05, 0.1) is 29.6 Å². The summed E-state index contributed by atoms with van der Waals surface area (Å²) in [4.78, 5) is 20.7. The van der Waals surface area contributed by atoms with E-state index in [-0.39, 0.29) is 59.0 Å². The molecule has 7 atom stereocenters. The first kappa shape index (κ1) is 40.6. The number of hydrogen-bond acceptors (Lipinski definition) is 13. The average molecular weight is 796 g/mol. The van der Waals surface area contributed by atoms with E-state index < -0.39 is 17.7 Å². The number of carbonyl (C=O) groups is 1. The van der Waals surface area contributed by atoms with Crippen LogP contribution in [0.2, 0.25) is 0 Å². The monoisotopic (exact) mass is 795 g/mol. The molecule has 6 rings (SSSR count). The van der Waals surface area contributed by atoms with E-state index in [9.17, 15) is 20.1 Å². The number of nitrogens with zero attached hydrogens (tertiary/aromatic N) is 2. The highest BCUT2D eigenvalue weighted by Gasteiger charge is 2.45. The second-order valence-corrected chi connectivity index (χ2v) is 17.2. The molecule has 0 amide bonds. The molecule has 2 aromatic carbocycles. The molecule has 7 unspecified atom stereocenters. The number of phenolic OH excluding ortho intramolecular Hbond substituents is 3. The van der Waals surface area contributed by atoms with Crippen LogP contribution in [0.3, 0.4) is 0 Å². The van der Waals surface area contributed by atoms with Crippen LogP contribution < -0.4 is 25.8 Å². The summed E-state index contributed by atoms with van der Waals surface area (Å²) in [7, 11) is 7.21. The Hall–Kier alpha value is -4.05. The van der Waals surface area contributed by atoms with Crippen molar-refractivity contribution < 1.29 is 39.1 Å². The topological polar surface area (TPSA) is 190 Å². The Morgan fingerprint density at radius 3 is 2.78 bits per heavy atom. The molecular formula is C40H53N5O8S2. The fourth-order valence-electron chi connectivity index (χ4n) is 7.93. The van der Waals surface area contributed by atoms with Crippen molar-refractivity contribution in [2.24, 2.45) is 16.6 Å². The summed E-state index contributed by atoms with van der Waals surface area (Å²) in [5.74, 6) is 0.612. The second kappa shape index (κ2) is 18.7. The Labute approximate surface area is 330 Å². The smallest absolute Gasteiger partial charge is 0.302 e. The van der Waals surface area contributed by atoms with Crippen LogP contribution in [0.5, 0.6) is 28.7 Å². The number of fused-ring (bicyclic) bond motifs is 4. The highest BCUT2D eigenvalue weighted by atomic mass is 33.1. The summed E-state index contributed by atoms with van der Waals surface area (Å²) in [6.07, 6.45) is 7.27. The van der Waals surface area contributed by atoms with Gasteiger partial charge in [0.2, 0.25) is 5.75 Å². The van der Waals surface area contributed by atoms with Gasteiger partial charge in [-0.1, -0.05) is 33.7 Å². The van der Waals surface area contributed by atoms with E-state index in [2.05, 4.69) is 20.6 Å². The van der Waals surface area contributed by atoms with Crippen molar-refractivity contribution in [3.8, 4) is 28.7 Å². The van der Waals surface area contributed by atoms with Crippen molar-refractivity contribution in [2.75, 3.05) is 33.0 Å². The van der Waals surface area contributed by atoms with Crippen LogP contribution in [0.15, 0.2) is 59.9 Å². The first-order valence-corrected chi connectivity index (χ1v) is 21.3. The van der Waals surface area contributed by atoms with Crippen LogP contribution in [0.25, 0.3) is 0 Å². The third-order valence-electron chi connectivity index (χ3n) is 10.6. The van der Waals surface area contributed by atoms with Gasteiger partial charge in [0, 0.05) is 64.3 Å². The fourth-order valence-corrected chi connectivity index (χ4v) is 11.4. The zero-order valence-electron chi connectivity index (χ0n) is 31.6. The molecule has 0 spiro atoms. The quantitative estimate of drug-likeness (QED) is 0.0503. The molecule has 7 N–H and O–H groups in total. The lowest BCUT2D eigenvalue weighted by Crippen LogP contribution is -2.62. The summed E-state index contributed by atoms with van der Waals surface area (Å²) >= 11 is 0. The zero-order valence-corrected chi connectivity index (χ0v) is 33.2. The largest absolute Gasteiger partial charge is 0.504 e.